The van der Waals surface area contributed by atoms with Gasteiger partial charge in [0.2, 0.25) is 5.78 Å². The molecule has 2 heterocycles. The van der Waals surface area contributed by atoms with E-state index in [0.717, 1.165) is 0 Å². The van der Waals surface area contributed by atoms with E-state index in [9.17, 15) is 9.18 Å². The Morgan fingerprint density at radius 1 is 1.43 bits per heavy atom. The first kappa shape index (κ1) is 14.1. The minimum atomic E-state index is -0.353. The number of benzene rings is 1. The molecule has 0 radical (unpaired) electrons. The van der Waals surface area contributed by atoms with Crippen LogP contribution in [0.3, 0.4) is 0 Å². The van der Waals surface area contributed by atoms with Crippen molar-refractivity contribution >= 4 is 29.1 Å². The maximum Gasteiger partial charge on any atom is 0.252 e. The predicted octanol–water partition coefficient (Wildman–Crippen LogP) is 2.81. The summed E-state index contributed by atoms with van der Waals surface area (Å²) < 4.78 is 15.4. The van der Waals surface area contributed by atoms with Crippen LogP contribution < -0.4 is 5.56 Å². The molecule has 0 aliphatic rings. The number of thioether (sulfide) groups is 1. The first-order valence-corrected chi connectivity index (χ1v) is 7.43. The molecule has 0 unspecified atom stereocenters. The Labute approximate surface area is 128 Å². The third kappa shape index (κ3) is 2.66. The second kappa shape index (κ2) is 5.50. The van der Waals surface area contributed by atoms with Crippen molar-refractivity contribution in [3.05, 3.63) is 56.7 Å². The summed E-state index contributed by atoms with van der Waals surface area (Å²) in [5.41, 5.74) is 0.893. The molecule has 108 valence electrons. The molecule has 1 N–H and O–H groups in total. The number of nitrogens with one attached hydrogen (secondary N) is 1. The van der Waals surface area contributed by atoms with Gasteiger partial charge < -0.3 is 0 Å². The Morgan fingerprint density at radius 3 is 3.00 bits per heavy atom. The molecule has 0 aliphatic carbocycles. The average molecular weight is 325 g/mol. The zero-order chi connectivity index (χ0) is 15.0. The fourth-order valence-electron chi connectivity index (χ4n) is 1.97. The maximum absolute atomic E-state index is 13.7. The molecular weight excluding hydrogens is 315 g/mol. The number of halogens is 2. The van der Waals surface area contributed by atoms with Crippen LogP contribution in [0.15, 0.2) is 34.2 Å². The van der Waals surface area contributed by atoms with Gasteiger partial charge in [0.05, 0.1) is 0 Å². The SMILES string of the molecule is Cc1cc(=O)[nH]c2nnc(SCc3c(F)cccc3Cl)n12. The number of hydrogen-bond donors (Lipinski definition) is 1. The van der Waals surface area contributed by atoms with Crippen molar-refractivity contribution in [2.24, 2.45) is 0 Å². The molecule has 1 aromatic carbocycles. The molecule has 5 nitrogen and oxygen atoms in total. The summed E-state index contributed by atoms with van der Waals surface area (Å²) in [5, 5.41) is 8.86. The lowest BCUT2D eigenvalue weighted by molar-refractivity contribution is 0.617. The van der Waals surface area contributed by atoms with Gasteiger partial charge in [-0.1, -0.05) is 29.4 Å². The van der Waals surface area contributed by atoms with Crippen molar-refractivity contribution in [3.8, 4) is 0 Å². The van der Waals surface area contributed by atoms with E-state index < -0.39 is 0 Å². The van der Waals surface area contributed by atoms with E-state index in [1.165, 1.54) is 23.9 Å². The molecule has 0 amide bonds. The molecule has 8 heteroatoms. The Morgan fingerprint density at radius 2 is 2.24 bits per heavy atom. The Bertz CT molecular complexity index is 856. The Kier molecular flexibility index (Phi) is 3.69. The summed E-state index contributed by atoms with van der Waals surface area (Å²) >= 11 is 7.30. The van der Waals surface area contributed by atoms with Crippen LogP contribution in [0.25, 0.3) is 5.78 Å². The highest BCUT2D eigenvalue weighted by molar-refractivity contribution is 7.98. The lowest BCUT2D eigenvalue weighted by atomic mass is 10.2. The molecule has 3 rings (SSSR count). The van der Waals surface area contributed by atoms with E-state index in [0.29, 0.717) is 33.0 Å². The summed E-state index contributed by atoms with van der Waals surface area (Å²) in [6.07, 6.45) is 0. The van der Waals surface area contributed by atoms with Crippen molar-refractivity contribution in [1.82, 2.24) is 19.6 Å². The number of fused-ring (bicyclic) bond motifs is 1. The molecular formula is C13H10ClFN4OS. The molecule has 0 fully saturated rings. The van der Waals surface area contributed by atoms with Gasteiger partial charge in [0.15, 0.2) is 5.16 Å². The van der Waals surface area contributed by atoms with Crippen molar-refractivity contribution in [1.29, 1.82) is 0 Å². The first-order chi connectivity index (χ1) is 10.1. The number of hydrogen-bond acceptors (Lipinski definition) is 4. The van der Waals surface area contributed by atoms with Crippen molar-refractivity contribution in [2.45, 2.75) is 17.8 Å². The molecule has 3 aromatic rings. The predicted molar refractivity (Wildman–Crippen MR) is 79.3 cm³/mol. The monoisotopic (exact) mass is 324 g/mol. The van der Waals surface area contributed by atoms with Crippen LogP contribution in [0.4, 0.5) is 4.39 Å². The summed E-state index contributed by atoms with van der Waals surface area (Å²) in [6.45, 7) is 1.78. The molecule has 0 saturated heterocycles. The maximum atomic E-state index is 13.7. The van der Waals surface area contributed by atoms with Crippen LogP contribution in [0.1, 0.15) is 11.3 Å². The second-order valence-corrected chi connectivity index (χ2v) is 5.76. The van der Waals surface area contributed by atoms with Gasteiger partial charge in [-0.05, 0) is 19.1 Å². The summed E-state index contributed by atoms with van der Waals surface area (Å²) in [7, 11) is 0. The third-order valence-electron chi connectivity index (χ3n) is 2.97. The van der Waals surface area contributed by atoms with Crippen molar-refractivity contribution in [2.75, 3.05) is 0 Å². The van der Waals surface area contributed by atoms with E-state index in [4.69, 9.17) is 11.6 Å². The van der Waals surface area contributed by atoms with Crippen molar-refractivity contribution in [3.63, 3.8) is 0 Å². The molecule has 0 atom stereocenters. The van der Waals surface area contributed by atoms with Gasteiger partial charge in [0.1, 0.15) is 5.82 Å². The van der Waals surface area contributed by atoms with Gasteiger partial charge >= 0.3 is 0 Å². The van der Waals surface area contributed by atoms with Gasteiger partial charge in [0.25, 0.3) is 5.56 Å². The normalized spacial score (nSPS) is 11.2. The van der Waals surface area contributed by atoms with Crippen LogP contribution in [-0.2, 0) is 5.75 Å². The van der Waals surface area contributed by atoms with Crippen molar-refractivity contribution < 1.29 is 4.39 Å². The van der Waals surface area contributed by atoms with Gasteiger partial charge in [-0.25, -0.2) is 4.39 Å². The van der Waals surface area contributed by atoms with E-state index in [1.54, 1.807) is 23.5 Å². The number of H-pyrrole nitrogens is 1. The van der Waals surface area contributed by atoms with Gasteiger partial charge in [-0.15, -0.1) is 10.2 Å². The molecule has 0 aliphatic heterocycles. The zero-order valence-corrected chi connectivity index (χ0v) is 12.5. The third-order valence-corrected chi connectivity index (χ3v) is 4.28. The standard InChI is InChI=1S/C13H10ClFN4OS/c1-7-5-11(20)16-12-17-18-13(19(7)12)21-6-8-9(14)3-2-4-10(8)15/h2-5H,6H2,1H3,(H,16,17,20). The van der Waals surface area contributed by atoms with E-state index in [-0.39, 0.29) is 11.4 Å². The number of aromatic amines is 1. The van der Waals surface area contributed by atoms with E-state index in [2.05, 4.69) is 15.2 Å². The summed E-state index contributed by atoms with van der Waals surface area (Å²) in [6, 6.07) is 6.03. The molecule has 0 bridgehead atoms. The highest BCUT2D eigenvalue weighted by atomic mass is 35.5. The smallest absolute Gasteiger partial charge is 0.252 e. The largest absolute Gasteiger partial charge is 0.291 e. The first-order valence-electron chi connectivity index (χ1n) is 6.07. The molecule has 2 aromatic heterocycles. The Balaban J connectivity index is 1.94. The fraction of sp³-hybridized carbons (Fsp3) is 0.154. The number of aryl methyl sites for hydroxylation is 1. The van der Waals surface area contributed by atoms with Gasteiger partial charge in [-0.3, -0.25) is 14.2 Å². The van der Waals surface area contributed by atoms with Crippen LogP contribution in [0.2, 0.25) is 5.02 Å². The van der Waals surface area contributed by atoms with Crippen LogP contribution in [-0.4, -0.2) is 19.6 Å². The van der Waals surface area contributed by atoms with Crippen LogP contribution in [0, 0.1) is 12.7 Å². The molecule has 0 spiro atoms. The average Bonchev–Trinajstić information content (AvgIpc) is 2.81. The lowest BCUT2D eigenvalue weighted by Crippen LogP contribution is -2.09. The Hall–Kier alpha value is -1.86. The summed E-state index contributed by atoms with van der Waals surface area (Å²) in [5.74, 6) is 0.335. The topological polar surface area (TPSA) is 63.0 Å². The van der Waals surface area contributed by atoms with E-state index >= 15 is 0 Å². The summed E-state index contributed by atoms with van der Waals surface area (Å²) in [4.78, 5) is 14.0. The fourth-order valence-corrected chi connectivity index (χ4v) is 3.30. The minimum absolute atomic E-state index is 0.235. The highest BCUT2D eigenvalue weighted by Gasteiger charge is 2.12. The van der Waals surface area contributed by atoms with Gasteiger partial charge in [-0.2, -0.15) is 0 Å². The lowest BCUT2D eigenvalue weighted by Gasteiger charge is -2.05. The highest BCUT2D eigenvalue weighted by Crippen LogP contribution is 2.27. The second-order valence-electron chi connectivity index (χ2n) is 4.41. The van der Waals surface area contributed by atoms with E-state index in [1.807, 2.05) is 0 Å². The number of aromatic nitrogens is 4. The quantitative estimate of drug-likeness (QED) is 0.752. The zero-order valence-electron chi connectivity index (χ0n) is 10.9. The van der Waals surface area contributed by atoms with Gasteiger partial charge in [0, 0.05) is 28.1 Å². The number of rotatable bonds is 3. The molecule has 21 heavy (non-hydrogen) atoms. The number of nitrogens with zero attached hydrogens (tertiary/aromatic N) is 3. The van der Waals surface area contributed by atoms with Crippen LogP contribution in [0.5, 0.6) is 0 Å². The van der Waals surface area contributed by atoms with Crippen LogP contribution >= 0.6 is 23.4 Å². The minimum Gasteiger partial charge on any atom is -0.291 e. The molecule has 0 saturated carbocycles.